The highest BCUT2D eigenvalue weighted by Gasteiger charge is 2.19. The zero-order chi connectivity index (χ0) is 27.0. The highest BCUT2D eigenvalue weighted by molar-refractivity contribution is 9.09. The molecule has 0 radical (unpaired) electrons. The second kappa shape index (κ2) is 13.3. The SMILES string of the molecule is Cc1ccc(C)c(CC(N=C(N)COC(CCCCCBr)=C2CC2)=Nc2ccc(S(N)(=O)=O)cc2F)c1. The number of unbranched alkanes of at least 4 members (excludes halogenated alkanes) is 2. The third-order valence-electron chi connectivity index (χ3n) is 5.95. The lowest BCUT2D eigenvalue weighted by molar-refractivity contribution is 0.241. The number of aliphatic imine (C=N–C) groups is 2. The Labute approximate surface area is 227 Å². The number of nitrogens with two attached hydrogens (primary N) is 2. The number of alkyl halides is 1. The van der Waals surface area contributed by atoms with Crippen molar-refractivity contribution in [3.63, 3.8) is 0 Å². The molecule has 0 saturated heterocycles. The van der Waals surface area contributed by atoms with Crippen molar-refractivity contribution in [1.82, 2.24) is 0 Å². The molecule has 2 aromatic carbocycles. The fourth-order valence-corrected chi connectivity index (χ4v) is 4.69. The number of allylic oxidation sites excluding steroid dienone is 2. The van der Waals surface area contributed by atoms with Crippen molar-refractivity contribution in [3.05, 3.63) is 70.2 Å². The number of nitrogens with zero attached hydrogens (tertiary/aromatic N) is 2. The van der Waals surface area contributed by atoms with Crippen LogP contribution in [0.1, 0.15) is 55.2 Å². The van der Waals surface area contributed by atoms with Crippen molar-refractivity contribution in [2.45, 2.75) is 63.7 Å². The maximum atomic E-state index is 14.7. The molecule has 10 heteroatoms. The van der Waals surface area contributed by atoms with Crippen molar-refractivity contribution < 1.29 is 17.5 Å². The van der Waals surface area contributed by atoms with Gasteiger partial charge in [0.2, 0.25) is 10.0 Å². The Balaban J connectivity index is 1.85. The van der Waals surface area contributed by atoms with E-state index >= 15 is 0 Å². The van der Waals surface area contributed by atoms with Crippen LogP contribution in [-0.4, -0.2) is 32.0 Å². The summed E-state index contributed by atoms with van der Waals surface area (Å²) in [4.78, 5) is 8.57. The van der Waals surface area contributed by atoms with Crippen LogP contribution in [0.5, 0.6) is 0 Å². The van der Waals surface area contributed by atoms with E-state index in [1.54, 1.807) is 0 Å². The first kappa shape index (κ1) is 29.0. The molecule has 0 spiro atoms. The first-order valence-electron chi connectivity index (χ1n) is 12.3. The van der Waals surface area contributed by atoms with E-state index in [-0.39, 0.29) is 28.9 Å². The van der Waals surface area contributed by atoms with E-state index in [2.05, 4.69) is 25.9 Å². The van der Waals surface area contributed by atoms with Crippen molar-refractivity contribution in [1.29, 1.82) is 0 Å². The molecule has 0 bridgehead atoms. The summed E-state index contributed by atoms with van der Waals surface area (Å²) in [6, 6.07) is 9.37. The topological polar surface area (TPSA) is 120 Å². The number of hydrogen-bond acceptors (Lipinski definition) is 4. The molecule has 0 aliphatic heterocycles. The number of rotatable bonds is 12. The first-order valence-corrected chi connectivity index (χ1v) is 14.9. The van der Waals surface area contributed by atoms with Crippen LogP contribution in [0.3, 0.4) is 0 Å². The molecule has 0 heterocycles. The van der Waals surface area contributed by atoms with E-state index in [1.165, 1.54) is 17.7 Å². The number of aryl methyl sites for hydroxylation is 2. The summed E-state index contributed by atoms with van der Waals surface area (Å²) in [5.41, 5.74) is 10.6. The third kappa shape index (κ3) is 9.36. The summed E-state index contributed by atoms with van der Waals surface area (Å²) in [6.45, 7) is 4.07. The van der Waals surface area contributed by atoms with Gasteiger partial charge in [0, 0.05) is 18.2 Å². The average molecular weight is 594 g/mol. The lowest BCUT2D eigenvalue weighted by Gasteiger charge is -2.12. The van der Waals surface area contributed by atoms with Crippen LogP contribution in [-0.2, 0) is 21.2 Å². The molecule has 7 nitrogen and oxygen atoms in total. The molecule has 0 aromatic heterocycles. The number of hydrogen-bond donors (Lipinski definition) is 2. The molecular weight excluding hydrogens is 559 g/mol. The molecule has 37 heavy (non-hydrogen) atoms. The maximum Gasteiger partial charge on any atom is 0.238 e. The Morgan fingerprint density at radius 3 is 2.51 bits per heavy atom. The monoisotopic (exact) mass is 592 g/mol. The number of amidine groups is 2. The van der Waals surface area contributed by atoms with Crippen molar-refractivity contribution >= 4 is 43.3 Å². The summed E-state index contributed by atoms with van der Waals surface area (Å²) >= 11 is 3.46. The van der Waals surface area contributed by atoms with Crippen LogP contribution in [0.2, 0.25) is 0 Å². The van der Waals surface area contributed by atoms with Crippen LogP contribution < -0.4 is 10.9 Å². The molecule has 1 saturated carbocycles. The van der Waals surface area contributed by atoms with E-state index in [1.807, 2.05) is 32.0 Å². The van der Waals surface area contributed by atoms with Crippen LogP contribution in [0.15, 0.2) is 62.6 Å². The minimum absolute atomic E-state index is 0.0576. The molecule has 0 unspecified atom stereocenters. The van der Waals surface area contributed by atoms with Gasteiger partial charge in [-0.25, -0.2) is 27.9 Å². The molecule has 3 rings (SSSR count). The van der Waals surface area contributed by atoms with Gasteiger partial charge in [0.05, 0.1) is 10.7 Å². The van der Waals surface area contributed by atoms with E-state index < -0.39 is 15.8 Å². The third-order valence-corrected chi connectivity index (χ3v) is 7.42. The fraction of sp³-hybridized carbons (Fsp3) is 0.407. The van der Waals surface area contributed by atoms with Crippen LogP contribution >= 0.6 is 15.9 Å². The Morgan fingerprint density at radius 2 is 1.86 bits per heavy atom. The molecule has 4 N–H and O–H groups in total. The van der Waals surface area contributed by atoms with Gasteiger partial charge in [0.15, 0.2) is 0 Å². The van der Waals surface area contributed by atoms with Gasteiger partial charge in [0.1, 0.15) is 29.8 Å². The number of halogens is 2. The fourth-order valence-electron chi connectivity index (χ4n) is 3.77. The summed E-state index contributed by atoms with van der Waals surface area (Å²) < 4.78 is 43.9. The summed E-state index contributed by atoms with van der Waals surface area (Å²) in [5, 5.41) is 6.11. The van der Waals surface area contributed by atoms with E-state index in [9.17, 15) is 12.8 Å². The first-order chi connectivity index (χ1) is 17.6. The normalized spacial score (nSPS) is 14.1. The molecule has 0 amide bonds. The molecular formula is C27H34BrFN4O3S. The van der Waals surface area contributed by atoms with E-state index in [4.69, 9.17) is 15.6 Å². The number of primary sulfonamides is 1. The number of ether oxygens (including phenoxy) is 1. The highest BCUT2D eigenvalue weighted by atomic mass is 79.9. The van der Waals surface area contributed by atoms with Gasteiger partial charge < -0.3 is 10.5 Å². The minimum atomic E-state index is -4.04. The smallest absolute Gasteiger partial charge is 0.238 e. The average Bonchev–Trinajstić information content (AvgIpc) is 3.67. The van der Waals surface area contributed by atoms with Gasteiger partial charge in [-0.05, 0) is 74.4 Å². The van der Waals surface area contributed by atoms with Gasteiger partial charge in [-0.15, -0.1) is 0 Å². The quantitative estimate of drug-likeness (QED) is 0.107. The molecule has 0 atom stereocenters. The van der Waals surface area contributed by atoms with Crippen molar-refractivity contribution in [2.24, 2.45) is 20.9 Å². The summed E-state index contributed by atoms with van der Waals surface area (Å²) in [5.74, 6) is 0.685. The molecule has 1 aliphatic rings. The predicted molar refractivity (Wildman–Crippen MR) is 151 cm³/mol. The van der Waals surface area contributed by atoms with Gasteiger partial charge in [0.25, 0.3) is 0 Å². The van der Waals surface area contributed by atoms with E-state index in [0.717, 1.165) is 72.4 Å². The maximum absolute atomic E-state index is 14.7. The minimum Gasteiger partial charge on any atom is -0.490 e. The van der Waals surface area contributed by atoms with Crippen LogP contribution in [0.4, 0.5) is 10.1 Å². The lowest BCUT2D eigenvalue weighted by atomic mass is 10.0. The molecule has 2 aromatic rings. The Bertz CT molecular complexity index is 1320. The summed E-state index contributed by atoms with van der Waals surface area (Å²) in [7, 11) is -4.04. The second-order valence-corrected chi connectivity index (χ2v) is 11.6. The van der Waals surface area contributed by atoms with Crippen molar-refractivity contribution in [3.8, 4) is 0 Å². The van der Waals surface area contributed by atoms with Gasteiger partial charge in [-0.2, -0.15) is 0 Å². The largest absolute Gasteiger partial charge is 0.490 e. The lowest BCUT2D eigenvalue weighted by Crippen LogP contribution is -2.21. The zero-order valence-corrected chi connectivity index (χ0v) is 23.7. The number of benzene rings is 2. The standard InChI is InChI=1S/C27H34BrFN4O3S/c1-18-7-8-19(2)21(14-18)15-27(32-24-12-11-22(16-23(24)29)37(31,34)35)33-26(30)17-36-25(20-9-10-20)6-4-3-5-13-28/h7-8,11-12,14,16H,3-6,9-10,13,15,17H2,1-2H3,(H2,30,32,33)(H2,31,34,35). The Hall–Kier alpha value is -2.56. The van der Waals surface area contributed by atoms with Gasteiger partial charge in [-0.3, -0.25) is 0 Å². The number of sulfonamides is 1. The molecule has 1 fully saturated rings. The van der Waals surface area contributed by atoms with Gasteiger partial charge in [-0.1, -0.05) is 46.1 Å². The van der Waals surface area contributed by atoms with Gasteiger partial charge >= 0.3 is 0 Å². The second-order valence-electron chi connectivity index (χ2n) is 9.21. The van der Waals surface area contributed by atoms with E-state index in [0.29, 0.717) is 6.42 Å². The zero-order valence-electron chi connectivity index (χ0n) is 21.3. The summed E-state index contributed by atoms with van der Waals surface area (Å²) in [6.07, 6.45) is 6.59. The highest BCUT2D eigenvalue weighted by Crippen LogP contribution is 2.34. The Kier molecular flexibility index (Phi) is 10.4. The molecule has 200 valence electrons. The van der Waals surface area contributed by atoms with Crippen LogP contribution in [0, 0.1) is 19.7 Å². The van der Waals surface area contributed by atoms with Crippen LogP contribution in [0.25, 0.3) is 0 Å². The molecule has 1 aliphatic carbocycles. The van der Waals surface area contributed by atoms with Crippen molar-refractivity contribution in [2.75, 3.05) is 11.9 Å². The Morgan fingerprint density at radius 1 is 1.11 bits per heavy atom. The predicted octanol–water partition coefficient (Wildman–Crippen LogP) is 5.74.